The fraction of sp³-hybridized carbons (Fsp3) is 0.476. The summed E-state index contributed by atoms with van der Waals surface area (Å²) in [6, 6.07) is 10.6. The van der Waals surface area contributed by atoms with Crippen molar-refractivity contribution in [1.82, 2.24) is 19.9 Å². The van der Waals surface area contributed by atoms with Crippen molar-refractivity contribution >= 4 is 81.8 Å². The zero-order valence-electron chi connectivity index (χ0n) is 33.3. The number of carbonyl (C=O) groups is 2. The van der Waals surface area contributed by atoms with Gasteiger partial charge in [0.2, 0.25) is 11.9 Å². The zero-order valence-corrected chi connectivity index (χ0v) is 36.3. The number of rotatable bonds is 6. The predicted octanol–water partition coefficient (Wildman–Crippen LogP) is 6.95. The molecular weight excluding hydrogens is 846 g/mol. The van der Waals surface area contributed by atoms with Crippen LogP contribution in [0.15, 0.2) is 36.4 Å². The Morgan fingerprint density at radius 1 is 0.533 bits per heavy atom. The van der Waals surface area contributed by atoms with Crippen molar-refractivity contribution < 1.29 is 9.59 Å². The SMILES string of the molecule is NC(=O)c1nc(N2C[C@H]3CCCCC[C@@H](C2)C3N)nc(N)c1-c1cccc(Cl)c1Cl.NC(=O)c1nc(N2C[C@H]3CCCCC[C@@H](C2)C3N)nc(N)c1-c1cccc(Cl)c1Cl. The third-order valence-corrected chi connectivity index (χ3v) is 14.3. The summed E-state index contributed by atoms with van der Waals surface area (Å²) < 4.78 is 0. The van der Waals surface area contributed by atoms with E-state index in [-0.39, 0.29) is 45.2 Å². The molecule has 4 aliphatic rings. The van der Waals surface area contributed by atoms with E-state index in [0.717, 1.165) is 51.9 Å². The van der Waals surface area contributed by atoms with Crippen LogP contribution in [-0.4, -0.2) is 70.0 Å². The molecule has 0 spiro atoms. The van der Waals surface area contributed by atoms with E-state index in [1.807, 2.05) is 0 Å². The molecule has 0 radical (unpaired) electrons. The van der Waals surface area contributed by atoms with Gasteiger partial charge < -0.3 is 44.2 Å². The minimum atomic E-state index is -0.695. The molecule has 4 bridgehead atoms. The molecule has 320 valence electrons. The van der Waals surface area contributed by atoms with E-state index >= 15 is 0 Å². The van der Waals surface area contributed by atoms with E-state index in [1.54, 1.807) is 36.4 Å². The Hall–Kier alpha value is -4.18. The van der Waals surface area contributed by atoms with Gasteiger partial charge in [0.25, 0.3) is 11.8 Å². The number of nitrogens with two attached hydrogens (primary N) is 6. The van der Waals surface area contributed by atoms with E-state index in [2.05, 4.69) is 29.7 Å². The Bertz CT molecular complexity index is 2060. The van der Waals surface area contributed by atoms with Crippen LogP contribution in [0.25, 0.3) is 22.3 Å². The van der Waals surface area contributed by atoms with Crippen LogP contribution in [0.4, 0.5) is 23.5 Å². The highest BCUT2D eigenvalue weighted by atomic mass is 35.5. The van der Waals surface area contributed by atoms with Gasteiger partial charge in [-0.2, -0.15) is 9.97 Å². The molecule has 2 unspecified atom stereocenters. The molecule has 60 heavy (non-hydrogen) atoms. The average molecular weight is 899 g/mol. The second kappa shape index (κ2) is 18.8. The average Bonchev–Trinajstić information content (AvgIpc) is 3.21. The van der Waals surface area contributed by atoms with Gasteiger partial charge in [-0.05, 0) is 61.5 Å². The maximum atomic E-state index is 12.3. The Kier molecular flexibility index (Phi) is 13.8. The summed E-state index contributed by atoms with van der Waals surface area (Å²) in [5.74, 6) is 1.19. The largest absolute Gasteiger partial charge is 0.383 e. The smallest absolute Gasteiger partial charge is 0.268 e. The predicted molar refractivity (Wildman–Crippen MR) is 241 cm³/mol. The highest BCUT2D eigenvalue weighted by Crippen LogP contribution is 2.41. The number of hydrogen-bond donors (Lipinski definition) is 6. The molecule has 8 rings (SSSR count). The molecule has 2 saturated heterocycles. The normalized spacial score (nSPS) is 24.2. The molecule has 4 heterocycles. The number of halogens is 4. The van der Waals surface area contributed by atoms with Gasteiger partial charge in [-0.1, -0.05) is 109 Å². The number of nitrogen functional groups attached to an aromatic ring is 2. The standard InChI is InChI=1S/2C21H26Cl2N6O/c2*22-14-8-4-7-13(16(14)23)15-18(20(26)30)27-21(28-19(15)25)29-9-11-5-2-1-3-6-12(10-29)17(11)24/h2*4,7-8,11-12,17H,1-3,5-6,9-10,24H2,(H2,26,30)(H2,25,27,28)/t2*11-,12+,17?. The van der Waals surface area contributed by atoms with Crippen molar-refractivity contribution in [2.24, 2.45) is 46.6 Å². The van der Waals surface area contributed by atoms with Crippen molar-refractivity contribution in [2.75, 3.05) is 47.4 Å². The van der Waals surface area contributed by atoms with Crippen molar-refractivity contribution in [3.05, 3.63) is 67.9 Å². The van der Waals surface area contributed by atoms with Crippen LogP contribution in [0.2, 0.25) is 20.1 Å². The lowest BCUT2D eigenvalue weighted by molar-refractivity contribution is 0.0988. The van der Waals surface area contributed by atoms with E-state index in [4.69, 9.17) is 80.8 Å². The fourth-order valence-corrected chi connectivity index (χ4v) is 10.3. The molecule has 4 aromatic rings. The number of nitrogens with zero attached hydrogens (tertiary/aromatic N) is 6. The van der Waals surface area contributed by atoms with Crippen LogP contribution in [-0.2, 0) is 0 Å². The minimum Gasteiger partial charge on any atom is -0.383 e. The minimum absolute atomic E-state index is 0.0386. The molecule has 2 saturated carbocycles. The summed E-state index contributed by atoms with van der Waals surface area (Å²) in [5, 5.41) is 1.24. The first-order valence-electron chi connectivity index (χ1n) is 20.6. The lowest BCUT2D eigenvalue weighted by Gasteiger charge is -2.43. The quantitative estimate of drug-likeness (QED) is 0.115. The number of aromatic nitrogens is 4. The highest BCUT2D eigenvalue weighted by Gasteiger charge is 2.38. The van der Waals surface area contributed by atoms with Crippen LogP contribution in [0, 0.1) is 23.7 Å². The topological polar surface area (TPSA) is 248 Å². The number of primary amides is 2. The van der Waals surface area contributed by atoms with Gasteiger partial charge >= 0.3 is 0 Å². The van der Waals surface area contributed by atoms with Crippen molar-refractivity contribution in [1.29, 1.82) is 0 Å². The molecule has 14 nitrogen and oxygen atoms in total. The third-order valence-electron chi connectivity index (χ3n) is 12.6. The van der Waals surface area contributed by atoms with E-state index in [0.29, 0.717) is 67.9 Å². The van der Waals surface area contributed by atoms with Crippen molar-refractivity contribution in [3.8, 4) is 22.3 Å². The Morgan fingerprint density at radius 3 is 1.18 bits per heavy atom. The summed E-state index contributed by atoms with van der Waals surface area (Å²) >= 11 is 25.0. The number of anilines is 4. The molecule has 2 aliphatic carbocycles. The number of piperidine rings is 2. The molecule has 2 aromatic heterocycles. The van der Waals surface area contributed by atoms with Gasteiger partial charge in [0.05, 0.1) is 31.2 Å². The Balaban J connectivity index is 0.000000181. The first-order valence-corrected chi connectivity index (χ1v) is 22.1. The Morgan fingerprint density at radius 2 is 0.867 bits per heavy atom. The molecule has 2 aliphatic heterocycles. The molecule has 12 N–H and O–H groups in total. The van der Waals surface area contributed by atoms with Gasteiger partial charge in [0.1, 0.15) is 23.0 Å². The van der Waals surface area contributed by atoms with Gasteiger partial charge in [0, 0.05) is 49.4 Å². The maximum Gasteiger partial charge on any atom is 0.268 e. The fourth-order valence-electron chi connectivity index (χ4n) is 9.48. The lowest BCUT2D eigenvalue weighted by Crippen LogP contribution is -2.54. The summed E-state index contributed by atoms with van der Waals surface area (Å²) in [6.45, 7) is 2.97. The van der Waals surface area contributed by atoms with Gasteiger partial charge in [-0.25, -0.2) is 9.97 Å². The monoisotopic (exact) mass is 896 g/mol. The second-order valence-electron chi connectivity index (χ2n) is 16.5. The molecule has 2 aromatic carbocycles. The molecule has 6 atom stereocenters. The van der Waals surface area contributed by atoms with Crippen molar-refractivity contribution in [2.45, 2.75) is 76.3 Å². The molecule has 18 heteroatoms. The Labute approximate surface area is 370 Å². The van der Waals surface area contributed by atoms with Gasteiger partial charge in [0.15, 0.2) is 0 Å². The summed E-state index contributed by atoms with van der Waals surface area (Å²) in [4.78, 5) is 46.9. The first kappa shape index (κ1) is 43.9. The third kappa shape index (κ3) is 9.19. The highest BCUT2D eigenvalue weighted by molar-refractivity contribution is 6.44. The lowest BCUT2D eigenvalue weighted by atomic mass is 9.77. The number of benzene rings is 2. The second-order valence-corrected chi connectivity index (χ2v) is 18.0. The zero-order chi connectivity index (χ0) is 42.8. The van der Waals surface area contributed by atoms with Crippen LogP contribution < -0.4 is 44.2 Å². The van der Waals surface area contributed by atoms with Crippen LogP contribution >= 0.6 is 46.4 Å². The first-order chi connectivity index (χ1) is 28.7. The number of fused-ring (bicyclic) bond motifs is 4. The van der Waals surface area contributed by atoms with Crippen molar-refractivity contribution in [3.63, 3.8) is 0 Å². The van der Waals surface area contributed by atoms with Gasteiger partial charge in [-0.15, -0.1) is 0 Å². The van der Waals surface area contributed by atoms with Crippen LogP contribution in [0.5, 0.6) is 0 Å². The summed E-state index contributed by atoms with van der Waals surface area (Å²) in [7, 11) is 0. The van der Waals surface area contributed by atoms with E-state index in [9.17, 15) is 9.59 Å². The molecule has 4 fully saturated rings. The molecular formula is C42H52Cl4N12O2. The van der Waals surface area contributed by atoms with E-state index in [1.165, 1.54) is 38.5 Å². The summed E-state index contributed by atoms with van der Waals surface area (Å²) in [5.41, 5.74) is 38.7. The number of carbonyl (C=O) groups excluding carboxylic acids is 2. The number of hydrogen-bond acceptors (Lipinski definition) is 12. The van der Waals surface area contributed by atoms with Gasteiger partial charge in [-0.3, -0.25) is 9.59 Å². The van der Waals surface area contributed by atoms with Crippen LogP contribution in [0.1, 0.15) is 85.2 Å². The van der Waals surface area contributed by atoms with E-state index < -0.39 is 11.8 Å². The molecule has 2 amide bonds. The number of amides is 2. The summed E-state index contributed by atoms with van der Waals surface area (Å²) in [6.07, 6.45) is 11.6. The van der Waals surface area contributed by atoms with Crippen LogP contribution in [0.3, 0.4) is 0 Å². The maximum absolute atomic E-state index is 12.3.